The number of aromatic nitrogens is 1. The van der Waals surface area contributed by atoms with Crippen LogP contribution in [0.15, 0.2) is 30.3 Å². The van der Waals surface area contributed by atoms with Gasteiger partial charge in [0.1, 0.15) is 0 Å². The second kappa shape index (κ2) is 4.50. The number of pyridine rings is 1. The molecule has 1 atom stereocenters. The number of aryl methyl sites for hydroxylation is 1. The molecule has 0 saturated heterocycles. The lowest BCUT2D eigenvalue weighted by atomic mass is 9.89. The van der Waals surface area contributed by atoms with Crippen LogP contribution in [0.25, 0.3) is 10.9 Å². The molecule has 94 valence electrons. The quantitative estimate of drug-likeness (QED) is 0.842. The summed E-state index contributed by atoms with van der Waals surface area (Å²) >= 11 is 0. The van der Waals surface area contributed by atoms with E-state index in [1.165, 1.54) is 0 Å². The van der Waals surface area contributed by atoms with Crippen molar-refractivity contribution >= 4 is 16.7 Å². The van der Waals surface area contributed by atoms with Crippen molar-refractivity contribution in [3.05, 3.63) is 41.6 Å². The number of nitrogens with zero attached hydrogens (tertiary/aromatic N) is 1. The summed E-state index contributed by atoms with van der Waals surface area (Å²) in [5.41, 5.74) is 7.72. The van der Waals surface area contributed by atoms with Crippen LogP contribution < -0.4 is 5.73 Å². The van der Waals surface area contributed by atoms with Gasteiger partial charge in [-0.15, -0.1) is 0 Å². The van der Waals surface area contributed by atoms with Crippen molar-refractivity contribution in [2.75, 3.05) is 0 Å². The zero-order valence-electron chi connectivity index (χ0n) is 11.0. The second-order valence-corrected chi connectivity index (χ2v) is 4.96. The number of fused-ring (bicyclic) bond motifs is 1. The van der Waals surface area contributed by atoms with Crippen LogP contribution in [0.3, 0.4) is 0 Å². The summed E-state index contributed by atoms with van der Waals surface area (Å²) in [6, 6.07) is 9.47. The van der Waals surface area contributed by atoms with E-state index in [-0.39, 0.29) is 5.78 Å². The van der Waals surface area contributed by atoms with Gasteiger partial charge in [-0.3, -0.25) is 9.78 Å². The Hall–Kier alpha value is -1.74. The molecule has 1 aromatic heterocycles. The fraction of sp³-hybridized carbons (Fsp3) is 0.333. The third-order valence-electron chi connectivity index (χ3n) is 3.34. The monoisotopic (exact) mass is 242 g/mol. The molecule has 0 aliphatic carbocycles. The van der Waals surface area contributed by atoms with Crippen molar-refractivity contribution in [1.82, 2.24) is 4.98 Å². The fourth-order valence-electron chi connectivity index (χ4n) is 1.86. The molecule has 0 fully saturated rings. The maximum atomic E-state index is 12.3. The summed E-state index contributed by atoms with van der Waals surface area (Å²) < 4.78 is 0. The number of carbonyl (C=O) groups excluding carboxylic acids is 1. The lowest BCUT2D eigenvalue weighted by molar-refractivity contribution is 0.0898. The molecule has 1 aromatic carbocycles. The van der Waals surface area contributed by atoms with Crippen LogP contribution in [0.4, 0.5) is 0 Å². The van der Waals surface area contributed by atoms with Gasteiger partial charge in [0.15, 0.2) is 5.78 Å². The molecule has 1 unspecified atom stereocenters. The highest BCUT2D eigenvalue weighted by Crippen LogP contribution is 2.19. The number of nitrogens with two attached hydrogens (primary N) is 1. The highest BCUT2D eigenvalue weighted by atomic mass is 16.1. The maximum Gasteiger partial charge on any atom is 0.182 e. The number of ketones is 1. The molecular formula is C15H18N2O. The third kappa shape index (κ3) is 2.27. The van der Waals surface area contributed by atoms with Crippen LogP contribution in [-0.4, -0.2) is 16.3 Å². The zero-order valence-corrected chi connectivity index (χ0v) is 11.0. The number of hydrogen-bond acceptors (Lipinski definition) is 3. The van der Waals surface area contributed by atoms with Crippen LogP contribution >= 0.6 is 0 Å². The van der Waals surface area contributed by atoms with Gasteiger partial charge in [-0.1, -0.05) is 13.0 Å². The lowest BCUT2D eigenvalue weighted by Crippen LogP contribution is -2.44. The van der Waals surface area contributed by atoms with E-state index in [2.05, 4.69) is 4.98 Å². The summed E-state index contributed by atoms with van der Waals surface area (Å²) in [6.45, 7) is 5.64. The lowest BCUT2D eigenvalue weighted by Gasteiger charge is -2.21. The smallest absolute Gasteiger partial charge is 0.182 e. The number of Topliss-reactive ketones (excluding diaryl/α,β-unsaturated/α-hetero) is 1. The molecule has 0 bridgehead atoms. The van der Waals surface area contributed by atoms with Gasteiger partial charge in [0, 0.05) is 16.6 Å². The molecule has 18 heavy (non-hydrogen) atoms. The zero-order chi connectivity index (χ0) is 13.3. The Balaban J connectivity index is 2.48. The molecule has 2 aromatic rings. The summed E-state index contributed by atoms with van der Waals surface area (Å²) in [6.07, 6.45) is 0.621. The Morgan fingerprint density at radius 1 is 1.33 bits per heavy atom. The fourth-order valence-corrected chi connectivity index (χ4v) is 1.86. The molecule has 2 N–H and O–H groups in total. The Labute approximate surface area is 107 Å². The van der Waals surface area contributed by atoms with E-state index in [1.807, 2.05) is 38.1 Å². The van der Waals surface area contributed by atoms with Crippen molar-refractivity contribution in [3.63, 3.8) is 0 Å². The van der Waals surface area contributed by atoms with Gasteiger partial charge >= 0.3 is 0 Å². The predicted molar refractivity (Wildman–Crippen MR) is 73.7 cm³/mol. The molecule has 0 amide bonds. The van der Waals surface area contributed by atoms with Crippen molar-refractivity contribution < 1.29 is 4.79 Å². The predicted octanol–water partition coefficient (Wildman–Crippen LogP) is 2.85. The first kappa shape index (κ1) is 12.7. The topological polar surface area (TPSA) is 56.0 Å². The molecular weight excluding hydrogens is 224 g/mol. The van der Waals surface area contributed by atoms with E-state index < -0.39 is 5.54 Å². The number of carbonyl (C=O) groups is 1. The minimum Gasteiger partial charge on any atom is -0.319 e. The maximum absolute atomic E-state index is 12.3. The first-order valence-electron chi connectivity index (χ1n) is 6.15. The normalized spacial score (nSPS) is 14.4. The second-order valence-electron chi connectivity index (χ2n) is 4.96. The van der Waals surface area contributed by atoms with E-state index in [4.69, 9.17) is 5.73 Å². The van der Waals surface area contributed by atoms with E-state index in [0.29, 0.717) is 12.0 Å². The Bertz CT molecular complexity index is 602. The Kier molecular flexibility index (Phi) is 3.18. The van der Waals surface area contributed by atoms with Gasteiger partial charge in [0.25, 0.3) is 0 Å². The van der Waals surface area contributed by atoms with E-state index >= 15 is 0 Å². The van der Waals surface area contributed by atoms with Crippen LogP contribution in [0.2, 0.25) is 0 Å². The van der Waals surface area contributed by atoms with Gasteiger partial charge < -0.3 is 5.73 Å². The van der Waals surface area contributed by atoms with Gasteiger partial charge in [0.05, 0.1) is 11.1 Å². The van der Waals surface area contributed by atoms with E-state index in [0.717, 1.165) is 16.6 Å². The SMILES string of the molecule is CCC(C)(N)C(=O)c1ccc2nc(C)ccc2c1. The molecule has 0 aliphatic heterocycles. The first-order chi connectivity index (χ1) is 8.44. The minimum absolute atomic E-state index is 0.0209. The summed E-state index contributed by atoms with van der Waals surface area (Å²) in [5, 5.41) is 0.971. The van der Waals surface area contributed by atoms with Crippen LogP contribution in [0, 0.1) is 6.92 Å². The third-order valence-corrected chi connectivity index (χ3v) is 3.34. The van der Waals surface area contributed by atoms with Gasteiger partial charge in [-0.2, -0.15) is 0 Å². The van der Waals surface area contributed by atoms with Crippen LogP contribution in [0.5, 0.6) is 0 Å². The molecule has 0 saturated carbocycles. The van der Waals surface area contributed by atoms with Crippen molar-refractivity contribution in [2.45, 2.75) is 32.7 Å². The van der Waals surface area contributed by atoms with Crippen LogP contribution in [0.1, 0.15) is 36.3 Å². The molecule has 1 heterocycles. The summed E-state index contributed by atoms with van der Waals surface area (Å²) in [4.78, 5) is 16.7. The molecule has 2 rings (SSSR count). The molecule has 3 heteroatoms. The molecule has 0 aliphatic rings. The average Bonchev–Trinajstić information content (AvgIpc) is 2.37. The summed E-state index contributed by atoms with van der Waals surface area (Å²) in [7, 11) is 0. The van der Waals surface area contributed by atoms with Gasteiger partial charge in [-0.25, -0.2) is 0 Å². The van der Waals surface area contributed by atoms with Crippen molar-refractivity contribution in [3.8, 4) is 0 Å². The van der Waals surface area contributed by atoms with Crippen molar-refractivity contribution in [2.24, 2.45) is 5.73 Å². The largest absolute Gasteiger partial charge is 0.319 e. The van der Waals surface area contributed by atoms with Crippen LogP contribution in [-0.2, 0) is 0 Å². The summed E-state index contributed by atoms with van der Waals surface area (Å²) in [5.74, 6) is -0.0209. The molecule has 0 spiro atoms. The highest BCUT2D eigenvalue weighted by Gasteiger charge is 2.27. The van der Waals surface area contributed by atoms with E-state index in [9.17, 15) is 4.79 Å². The minimum atomic E-state index is -0.800. The van der Waals surface area contributed by atoms with E-state index in [1.54, 1.807) is 13.0 Å². The number of rotatable bonds is 3. The molecule has 3 nitrogen and oxygen atoms in total. The highest BCUT2D eigenvalue weighted by molar-refractivity contribution is 6.04. The van der Waals surface area contributed by atoms with Gasteiger partial charge in [0.2, 0.25) is 0 Å². The standard InChI is InChI=1S/C15H18N2O/c1-4-15(3,16)14(18)12-7-8-13-11(9-12)6-5-10(2)17-13/h5-9H,4,16H2,1-3H3. The number of hydrogen-bond donors (Lipinski definition) is 1. The molecule has 0 radical (unpaired) electrons. The van der Waals surface area contributed by atoms with Gasteiger partial charge in [-0.05, 0) is 44.5 Å². The average molecular weight is 242 g/mol. The Morgan fingerprint density at radius 3 is 2.72 bits per heavy atom. The Morgan fingerprint density at radius 2 is 2.06 bits per heavy atom. The first-order valence-corrected chi connectivity index (χ1v) is 6.15. The van der Waals surface area contributed by atoms with Crippen molar-refractivity contribution in [1.29, 1.82) is 0 Å². The number of benzene rings is 1.